The number of hydrogen-bond acceptors (Lipinski definition) is 7. The Balaban J connectivity index is 1.93. The maximum Gasteiger partial charge on any atom is 0.303 e. The Morgan fingerprint density at radius 3 is 2.30 bits per heavy atom. The first-order valence-electron chi connectivity index (χ1n) is 9.74. The maximum absolute atomic E-state index is 11.9. The Kier molecular flexibility index (Phi) is 6.95. The second kappa shape index (κ2) is 9.63. The van der Waals surface area contributed by atoms with Crippen molar-refractivity contribution in [3.8, 4) is 11.5 Å². The molecule has 7 heteroatoms. The number of esters is 2. The van der Waals surface area contributed by atoms with E-state index in [1.165, 1.54) is 13.8 Å². The van der Waals surface area contributed by atoms with Gasteiger partial charge >= 0.3 is 11.9 Å². The van der Waals surface area contributed by atoms with Crippen LogP contribution >= 0.6 is 0 Å². The lowest BCUT2D eigenvalue weighted by Crippen LogP contribution is -2.29. The number of phenols is 1. The summed E-state index contributed by atoms with van der Waals surface area (Å²) in [5, 5.41) is 9.59. The van der Waals surface area contributed by atoms with E-state index in [0.717, 1.165) is 11.1 Å². The van der Waals surface area contributed by atoms with E-state index < -0.39 is 18.0 Å². The molecule has 0 spiro atoms. The molecule has 4 atom stereocenters. The molecule has 1 N–H and O–H groups in total. The van der Waals surface area contributed by atoms with Gasteiger partial charge in [0.05, 0.1) is 26.4 Å². The van der Waals surface area contributed by atoms with Gasteiger partial charge in [0, 0.05) is 25.7 Å². The zero-order valence-electron chi connectivity index (χ0n) is 17.2. The third-order valence-corrected chi connectivity index (χ3v) is 5.23. The zero-order valence-corrected chi connectivity index (χ0v) is 17.2. The van der Waals surface area contributed by atoms with E-state index in [2.05, 4.69) is 0 Å². The van der Waals surface area contributed by atoms with E-state index in [-0.39, 0.29) is 30.3 Å². The van der Waals surface area contributed by atoms with E-state index in [4.69, 9.17) is 18.9 Å². The molecule has 160 valence electrons. The molecule has 0 bridgehead atoms. The molecule has 0 aliphatic carbocycles. The van der Waals surface area contributed by atoms with Gasteiger partial charge in [-0.15, -0.1) is 0 Å². The van der Waals surface area contributed by atoms with Crippen LogP contribution in [0, 0.1) is 11.8 Å². The summed E-state index contributed by atoms with van der Waals surface area (Å²) >= 11 is 0. The van der Waals surface area contributed by atoms with Gasteiger partial charge in [-0.2, -0.15) is 0 Å². The van der Waals surface area contributed by atoms with Crippen molar-refractivity contribution in [1.82, 2.24) is 0 Å². The number of hydrogen-bond donors (Lipinski definition) is 1. The van der Waals surface area contributed by atoms with Crippen molar-refractivity contribution in [1.29, 1.82) is 0 Å². The number of aromatic hydroxyl groups is 1. The van der Waals surface area contributed by atoms with E-state index in [9.17, 15) is 14.7 Å². The standard InChI is InChI=1S/C23H26O7/c1-14(24)28-12-20-21(13-29-22(20)16-4-8-18(26)9-5-16)23(30-15(2)25)17-6-10-19(27-3)11-7-17/h4-11,20-23,26H,12-13H2,1-3H3/t20-,21+,22+,23-/m1/s1. The average Bonchev–Trinajstić information content (AvgIpc) is 3.14. The van der Waals surface area contributed by atoms with Gasteiger partial charge in [0.2, 0.25) is 0 Å². The second-order valence-corrected chi connectivity index (χ2v) is 7.28. The molecule has 3 rings (SSSR count). The van der Waals surface area contributed by atoms with Crippen LogP contribution in [-0.4, -0.2) is 37.4 Å². The van der Waals surface area contributed by atoms with E-state index >= 15 is 0 Å². The molecule has 1 fully saturated rings. The smallest absolute Gasteiger partial charge is 0.303 e. The minimum atomic E-state index is -0.573. The lowest BCUT2D eigenvalue weighted by atomic mass is 9.82. The maximum atomic E-state index is 11.9. The first-order valence-corrected chi connectivity index (χ1v) is 9.74. The molecule has 30 heavy (non-hydrogen) atoms. The summed E-state index contributed by atoms with van der Waals surface area (Å²) in [5.74, 6) is -0.429. The van der Waals surface area contributed by atoms with Crippen molar-refractivity contribution in [2.75, 3.05) is 20.3 Å². The van der Waals surface area contributed by atoms with Gasteiger partial charge in [-0.25, -0.2) is 0 Å². The monoisotopic (exact) mass is 414 g/mol. The number of ether oxygens (including phenoxy) is 4. The molecule has 2 aromatic carbocycles. The summed E-state index contributed by atoms with van der Waals surface area (Å²) < 4.78 is 22.3. The normalized spacial score (nSPS) is 21.6. The highest BCUT2D eigenvalue weighted by atomic mass is 16.6. The summed E-state index contributed by atoms with van der Waals surface area (Å²) in [6, 6.07) is 14.0. The summed E-state index contributed by atoms with van der Waals surface area (Å²) in [5.41, 5.74) is 1.66. The Labute approximate surface area is 175 Å². The van der Waals surface area contributed by atoms with Crippen LogP contribution in [0.4, 0.5) is 0 Å². The van der Waals surface area contributed by atoms with Gasteiger partial charge < -0.3 is 24.1 Å². The van der Waals surface area contributed by atoms with Crippen LogP contribution in [-0.2, 0) is 23.8 Å². The fourth-order valence-electron chi connectivity index (χ4n) is 3.81. The summed E-state index contributed by atoms with van der Waals surface area (Å²) in [7, 11) is 1.58. The van der Waals surface area contributed by atoms with Gasteiger partial charge in [-0.3, -0.25) is 9.59 Å². The van der Waals surface area contributed by atoms with Crippen LogP contribution < -0.4 is 4.74 Å². The Morgan fingerprint density at radius 1 is 1.07 bits per heavy atom. The lowest BCUT2D eigenvalue weighted by Gasteiger charge is -2.29. The van der Waals surface area contributed by atoms with Crippen LogP contribution in [0.5, 0.6) is 11.5 Å². The van der Waals surface area contributed by atoms with Gasteiger partial charge in [-0.1, -0.05) is 24.3 Å². The number of phenolic OH excluding ortho intramolecular Hbond substituents is 1. The fraction of sp³-hybridized carbons (Fsp3) is 0.391. The SMILES string of the molecule is COc1ccc([C@@H](OC(C)=O)[C@H]2CO[C@@H](c3ccc(O)cc3)[C@@H]2COC(C)=O)cc1. The summed E-state index contributed by atoms with van der Waals surface area (Å²) in [6.45, 7) is 3.17. The number of carbonyl (C=O) groups is 2. The number of rotatable bonds is 7. The summed E-state index contributed by atoms with van der Waals surface area (Å²) in [6.07, 6.45) is -0.942. The highest BCUT2D eigenvalue weighted by Crippen LogP contribution is 2.46. The number of benzene rings is 2. The van der Waals surface area contributed by atoms with Crippen LogP contribution in [0.15, 0.2) is 48.5 Å². The van der Waals surface area contributed by atoms with Crippen molar-refractivity contribution in [2.24, 2.45) is 11.8 Å². The second-order valence-electron chi connectivity index (χ2n) is 7.28. The van der Waals surface area contributed by atoms with Gasteiger partial charge in [0.1, 0.15) is 17.6 Å². The molecule has 0 saturated carbocycles. The van der Waals surface area contributed by atoms with Crippen molar-refractivity contribution in [3.05, 3.63) is 59.7 Å². The van der Waals surface area contributed by atoms with Crippen molar-refractivity contribution in [2.45, 2.75) is 26.1 Å². The molecule has 1 aliphatic heterocycles. The van der Waals surface area contributed by atoms with Gasteiger partial charge in [-0.05, 0) is 35.4 Å². The molecule has 0 radical (unpaired) electrons. The number of methoxy groups -OCH3 is 1. The molecule has 1 saturated heterocycles. The quantitative estimate of drug-likeness (QED) is 0.693. The third-order valence-electron chi connectivity index (χ3n) is 5.23. The van der Waals surface area contributed by atoms with Crippen LogP contribution in [0.2, 0.25) is 0 Å². The predicted molar refractivity (Wildman–Crippen MR) is 108 cm³/mol. The predicted octanol–water partition coefficient (Wildman–Crippen LogP) is 3.57. The molecule has 2 aromatic rings. The van der Waals surface area contributed by atoms with Crippen molar-refractivity contribution < 1.29 is 33.6 Å². The molecule has 7 nitrogen and oxygen atoms in total. The van der Waals surface area contributed by atoms with Crippen molar-refractivity contribution >= 4 is 11.9 Å². The van der Waals surface area contributed by atoms with Crippen LogP contribution in [0.1, 0.15) is 37.2 Å². The molecule has 0 amide bonds. The average molecular weight is 414 g/mol. The summed E-state index contributed by atoms with van der Waals surface area (Å²) in [4.78, 5) is 23.4. The largest absolute Gasteiger partial charge is 0.508 e. The van der Waals surface area contributed by atoms with E-state index in [1.54, 1.807) is 43.5 Å². The molecular weight excluding hydrogens is 388 g/mol. The first kappa shape index (κ1) is 21.6. The van der Waals surface area contributed by atoms with Gasteiger partial charge in [0.15, 0.2) is 0 Å². The third kappa shape index (κ3) is 5.10. The number of carbonyl (C=O) groups excluding carboxylic acids is 2. The highest BCUT2D eigenvalue weighted by molar-refractivity contribution is 5.66. The topological polar surface area (TPSA) is 91.3 Å². The van der Waals surface area contributed by atoms with E-state index in [1.807, 2.05) is 12.1 Å². The Hall–Kier alpha value is -3.06. The van der Waals surface area contributed by atoms with Crippen LogP contribution in [0.3, 0.4) is 0 Å². The fourth-order valence-corrected chi connectivity index (χ4v) is 3.81. The Bertz CT molecular complexity index is 860. The minimum Gasteiger partial charge on any atom is -0.508 e. The van der Waals surface area contributed by atoms with Crippen LogP contribution in [0.25, 0.3) is 0 Å². The molecule has 1 heterocycles. The Morgan fingerprint density at radius 2 is 1.73 bits per heavy atom. The molecular formula is C23H26O7. The lowest BCUT2D eigenvalue weighted by molar-refractivity contribution is -0.152. The molecule has 0 unspecified atom stereocenters. The molecule has 1 aliphatic rings. The molecule has 0 aromatic heterocycles. The van der Waals surface area contributed by atoms with Gasteiger partial charge in [0.25, 0.3) is 0 Å². The highest BCUT2D eigenvalue weighted by Gasteiger charge is 2.44. The minimum absolute atomic E-state index is 0.124. The van der Waals surface area contributed by atoms with E-state index in [0.29, 0.717) is 12.4 Å². The van der Waals surface area contributed by atoms with Crippen molar-refractivity contribution in [3.63, 3.8) is 0 Å². The zero-order chi connectivity index (χ0) is 21.7. The first-order chi connectivity index (χ1) is 14.4.